The summed E-state index contributed by atoms with van der Waals surface area (Å²) in [4.78, 5) is 23.8. The molecule has 0 bridgehead atoms. The molecule has 7 heteroatoms. The highest BCUT2D eigenvalue weighted by Crippen LogP contribution is 2.25. The Bertz CT molecular complexity index is 801. The minimum atomic E-state index is -0.230. The van der Waals surface area contributed by atoms with E-state index < -0.39 is 0 Å². The van der Waals surface area contributed by atoms with Gasteiger partial charge in [0.15, 0.2) is 12.0 Å². The van der Waals surface area contributed by atoms with Crippen molar-refractivity contribution in [3.05, 3.63) is 59.8 Å². The van der Waals surface area contributed by atoms with Gasteiger partial charge in [-0.25, -0.2) is 0 Å². The lowest BCUT2D eigenvalue weighted by atomic mass is 10.1. The number of ether oxygens (including phenoxy) is 1. The van der Waals surface area contributed by atoms with Crippen molar-refractivity contribution >= 4 is 12.0 Å². The highest BCUT2D eigenvalue weighted by atomic mass is 16.5. The first-order valence-corrected chi connectivity index (χ1v) is 7.72. The van der Waals surface area contributed by atoms with Crippen LogP contribution in [-0.4, -0.2) is 33.1 Å². The van der Waals surface area contributed by atoms with Crippen LogP contribution in [0.4, 0.5) is 0 Å². The van der Waals surface area contributed by atoms with E-state index in [1.54, 1.807) is 18.3 Å². The van der Waals surface area contributed by atoms with Crippen LogP contribution in [0.3, 0.4) is 0 Å². The van der Waals surface area contributed by atoms with Crippen LogP contribution in [0.25, 0.3) is 0 Å². The van der Waals surface area contributed by atoms with E-state index in [4.69, 9.17) is 10.5 Å². The van der Waals surface area contributed by atoms with E-state index in [9.17, 15) is 9.90 Å². The summed E-state index contributed by atoms with van der Waals surface area (Å²) in [6, 6.07) is 3.70. The summed E-state index contributed by atoms with van der Waals surface area (Å²) in [7, 11) is 0. The van der Waals surface area contributed by atoms with Crippen molar-refractivity contribution in [2.75, 3.05) is 0 Å². The number of aromatic hydroxyl groups is 1. The summed E-state index contributed by atoms with van der Waals surface area (Å²) in [5.74, 6) is -0.0337. The van der Waals surface area contributed by atoms with Gasteiger partial charge in [-0.2, -0.15) is 0 Å². The average molecular weight is 340 g/mol. The SMILES string of the molecule is CC(C)N=C(C=CN)c1ncccc1COc1cncc(O)c1C=O. The molecule has 0 unspecified atom stereocenters. The first-order valence-electron chi connectivity index (χ1n) is 7.72. The Labute approximate surface area is 145 Å². The van der Waals surface area contributed by atoms with Crippen LogP contribution >= 0.6 is 0 Å². The van der Waals surface area contributed by atoms with Crippen molar-refractivity contribution in [3.8, 4) is 11.5 Å². The molecule has 0 fully saturated rings. The Balaban J connectivity index is 2.33. The Morgan fingerprint density at radius 3 is 2.92 bits per heavy atom. The Hall–Kier alpha value is -3.22. The lowest BCUT2D eigenvalue weighted by Crippen LogP contribution is -2.11. The number of aromatic nitrogens is 2. The van der Waals surface area contributed by atoms with E-state index in [1.807, 2.05) is 19.9 Å². The molecule has 7 nitrogen and oxygen atoms in total. The molecule has 0 atom stereocenters. The topological polar surface area (TPSA) is 111 Å². The second kappa shape index (κ2) is 8.58. The quantitative estimate of drug-likeness (QED) is 0.591. The zero-order valence-corrected chi connectivity index (χ0v) is 14.1. The molecule has 2 rings (SSSR count). The van der Waals surface area contributed by atoms with Crippen LogP contribution in [0.15, 0.2) is 48.0 Å². The predicted molar refractivity (Wildman–Crippen MR) is 94.9 cm³/mol. The van der Waals surface area contributed by atoms with Gasteiger partial charge in [-0.3, -0.25) is 19.8 Å². The summed E-state index contributed by atoms with van der Waals surface area (Å²) in [6.45, 7) is 4.04. The van der Waals surface area contributed by atoms with E-state index in [1.165, 1.54) is 18.6 Å². The van der Waals surface area contributed by atoms with Crippen molar-refractivity contribution in [3.63, 3.8) is 0 Å². The zero-order valence-electron chi connectivity index (χ0n) is 14.1. The van der Waals surface area contributed by atoms with Gasteiger partial charge >= 0.3 is 0 Å². The van der Waals surface area contributed by atoms with Gasteiger partial charge in [0.1, 0.15) is 17.9 Å². The first-order chi connectivity index (χ1) is 12.1. The van der Waals surface area contributed by atoms with E-state index in [-0.39, 0.29) is 29.7 Å². The summed E-state index contributed by atoms with van der Waals surface area (Å²) < 4.78 is 5.66. The molecule has 130 valence electrons. The molecule has 0 spiro atoms. The number of pyridine rings is 2. The third kappa shape index (κ3) is 4.63. The molecule has 0 radical (unpaired) electrons. The van der Waals surface area contributed by atoms with Gasteiger partial charge in [0.2, 0.25) is 0 Å². The maximum Gasteiger partial charge on any atom is 0.157 e. The second-order valence-corrected chi connectivity index (χ2v) is 5.46. The number of allylic oxidation sites excluding steroid dienone is 1. The minimum absolute atomic E-state index is 0.0540. The molecule has 0 amide bonds. The minimum Gasteiger partial charge on any atom is -0.505 e. The Kier molecular flexibility index (Phi) is 6.22. The van der Waals surface area contributed by atoms with Crippen LogP contribution < -0.4 is 10.5 Å². The van der Waals surface area contributed by atoms with E-state index >= 15 is 0 Å². The molecule has 2 aromatic rings. The van der Waals surface area contributed by atoms with Crippen LogP contribution in [0, 0.1) is 0 Å². The third-order valence-corrected chi connectivity index (χ3v) is 3.22. The van der Waals surface area contributed by atoms with Gasteiger partial charge in [-0.1, -0.05) is 6.07 Å². The van der Waals surface area contributed by atoms with Crippen LogP contribution in [0.2, 0.25) is 0 Å². The molecule has 2 aromatic heterocycles. The molecule has 25 heavy (non-hydrogen) atoms. The van der Waals surface area contributed by atoms with Crippen molar-refractivity contribution < 1.29 is 14.6 Å². The third-order valence-electron chi connectivity index (χ3n) is 3.22. The molecule has 2 heterocycles. The molecule has 0 aliphatic rings. The smallest absolute Gasteiger partial charge is 0.157 e. The number of carbonyl (C=O) groups is 1. The number of nitrogens with zero attached hydrogens (tertiary/aromatic N) is 3. The maximum absolute atomic E-state index is 11.1. The average Bonchev–Trinajstić information content (AvgIpc) is 2.59. The number of hydrogen-bond donors (Lipinski definition) is 2. The van der Waals surface area contributed by atoms with Crippen molar-refractivity contribution in [1.29, 1.82) is 0 Å². The van der Waals surface area contributed by atoms with Crippen LogP contribution in [0.1, 0.15) is 35.5 Å². The highest BCUT2D eigenvalue weighted by molar-refractivity contribution is 6.08. The molecular formula is C18H20N4O3. The number of aliphatic imine (C=N–C) groups is 1. The van der Waals surface area contributed by atoms with Gasteiger partial charge in [0.25, 0.3) is 0 Å². The van der Waals surface area contributed by atoms with Gasteiger partial charge < -0.3 is 15.6 Å². The fraction of sp³-hybridized carbons (Fsp3) is 0.222. The van der Waals surface area contributed by atoms with Crippen molar-refractivity contribution in [1.82, 2.24) is 9.97 Å². The molecule has 0 aliphatic heterocycles. The van der Waals surface area contributed by atoms with Crippen molar-refractivity contribution in [2.45, 2.75) is 26.5 Å². The van der Waals surface area contributed by atoms with Crippen LogP contribution in [0.5, 0.6) is 11.5 Å². The summed E-state index contributed by atoms with van der Waals surface area (Å²) in [5.41, 5.74) is 7.61. The largest absolute Gasteiger partial charge is 0.505 e. The van der Waals surface area contributed by atoms with Crippen molar-refractivity contribution in [2.24, 2.45) is 10.7 Å². The Morgan fingerprint density at radius 2 is 2.24 bits per heavy atom. The van der Waals surface area contributed by atoms with Gasteiger partial charge in [-0.05, 0) is 32.2 Å². The summed E-state index contributed by atoms with van der Waals surface area (Å²) >= 11 is 0. The Morgan fingerprint density at radius 1 is 1.44 bits per heavy atom. The molecule has 0 saturated carbocycles. The fourth-order valence-electron chi connectivity index (χ4n) is 2.17. The normalized spacial score (nSPS) is 11.9. The standard InChI is InChI=1S/C18H20N4O3/c1-12(2)22-15(5-6-19)18-13(4-3-7-21-18)11-25-17-9-20-8-16(24)14(17)10-23/h3-10,12,24H,11,19H2,1-2H3. The number of aldehydes is 1. The molecular weight excluding hydrogens is 320 g/mol. The van der Waals surface area contributed by atoms with Gasteiger partial charge in [0, 0.05) is 17.8 Å². The highest BCUT2D eigenvalue weighted by Gasteiger charge is 2.13. The van der Waals surface area contributed by atoms with Gasteiger partial charge in [-0.15, -0.1) is 0 Å². The first kappa shape index (κ1) is 18.1. The van der Waals surface area contributed by atoms with Crippen LogP contribution in [-0.2, 0) is 6.61 Å². The lowest BCUT2D eigenvalue weighted by Gasteiger charge is -2.12. The summed E-state index contributed by atoms with van der Waals surface area (Å²) in [6.07, 6.45) is 7.84. The molecule has 0 saturated heterocycles. The zero-order chi connectivity index (χ0) is 18.2. The lowest BCUT2D eigenvalue weighted by molar-refractivity contribution is 0.111. The number of carbonyl (C=O) groups excluding carboxylic acids is 1. The van der Waals surface area contributed by atoms with Gasteiger partial charge in [0.05, 0.1) is 23.8 Å². The van der Waals surface area contributed by atoms with E-state index in [0.29, 0.717) is 17.7 Å². The summed E-state index contributed by atoms with van der Waals surface area (Å²) in [5, 5.41) is 9.67. The number of hydrogen-bond acceptors (Lipinski definition) is 7. The number of rotatable bonds is 7. The predicted octanol–water partition coefficient (Wildman–Crippen LogP) is 2.24. The van der Waals surface area contributed by atoms with E-state index in [0.717, 1.165) is 5.56 Å². The maximum atomic E-state index is 11.1. The second-order valence-electron chi connectivity index (χ2n) is 5.46. The van der Waals surface area contributed by atoms with E-state index in [2.05, 4.69) is 15.0 Å². The monoisotopic (exact) mass is 340 g/mol. The fourth-order valence-corrected chi connectivity index (χ4v) is 2.17. The molecule has 0 aromatic carbocycles. The molecule has 0 aliphatic carbocycles. The molecule has 3 N–H and O–H groups in total. The number of nitrogens with two attached hydrogens (primary N) is 1.